The minimum atomic E-state index is -1.63. The van der Waals surface area contributed by atoms with E-state index in [0.717, 1.165) is 0 Å². The van der Waals surface area contributed by atoms with E-state index in [1.165, 1.54) is 46.5 Å². The molecule has 0 spiro atoms. The van der Waals surface area contributed by atoms with E-state index in [2.05, 4.69) is 30.9 Å². The Morgan fingerprint density at radius 2 is 2.07 bits per heavy atom. The predicted octanol–water partition coefficient (Wildman–Crippen LogP) is -0.546. The molecule has 1 aromatic carbocycles. The third-order valence-electron chi connectivity index (χ3n) is 5.06. The first-order valence-corrected chi connectivity index (χ1v) is 8.90. The molecule has 0 aliphatic carbocycles. The van der Waals surface area contributed by atoms with Gasteiger partial charge in [0.05, 0.1) is 18.9 Å². The first-order valence-electron chi connectivity index (χ1n) is 8.90. The number of hydrogen-bond donors (Lipinski definition) is 3. The van der Waals surface area contributed by atoms with Gasteiger partial charge in [-0.25, -0.2) is 14.5 Å². The highest BCUT2D eigenvalue weighted by Gasteiger charge is 2.52. The highest BCUT2D eigenvalue weighted by Crippen LogP contribution is 2.31. The molecule has 4 heterocycles. The van der Waals surface area contributed by atoms with E-state index in [-0.39, 0.29) is 30.4 Å². The van der Waals surface area contributed by atoms with Gasteiger partial charge in [0, 0.05) is 24.5 Å². The number of rotatable bonds is 4. The summed E-state index contributed by atoms with van der Waals surface area (Å²) in [6, 6.07) is 3.81. The first-order chi connectivity index (χ1) is 14.5. The number of nitrogens with one attached hydrogen (secondary N) is 2. The zero-order valence-electron chi connectivity index (χ0n) is 15.3. The molecule has 0 unspecified atom stereocenters. The molecule has 2 aliphatic rings. The van der Waals surface area contributed by atoms with Crippen molar-refractivity contribution in [1.82, 2.24) is 40.5 Å². The molecular formula is C18H14N8O4. The van der Waals surface area contributed by atoms with Gasteiger partial charge in [-0.2, -0.15) is 0 Å². The lowest BCUT2D eigenvalue weighted by atomic mass is 9.95. The maximum Gasteiger partial charge on any atom is 0.322 e. The van der Waals surface area contributed by atoms with E-state index >= 15 is 0 Å². The summed E-state index contributed by atoms with van der Waals surface area (Å²) in [6.07, 6.45) is 5.90. The fourth-order valence-electron chi connectivity index (χ4n) is 3.61. The quantitative estimate of drug-likeness (QED) is 0.488. The van der Waals surface area contributed by atoms with Gasteiger partial charge in [0.15, 0.2) is 11.4 Å². The topological polar surface area (TPSA) is 155 Å². The van der Waals surface area contributed by atoms with Gasteiger partial charge in [-0.05, 0) is 17.7 Å². The summed E-state index contributed by atoms with van der Waals surface area (Å²) in [4.78, 5) is 47.1. The summed E-state index contributed by atoms with van der Waals surface area (Å²) in [6.45, 7) is 0.0512. The minimum Gasteiger partial charge on any atom is -0.508 e. The number of hydrogen-bond acceptors (Lipinski definition) is 8. The molecule has 0 radical (unpaired) electrons. The zero-order chi connectivity index (χ0) is 20.9. The van der Waals surface area contributed by atoms with Crippen molar-refractivity contribution < 1.29 is 19.5 Å². The molecule has 1 fully saturated rings. The molecule has 2 aliphatic heterocycles. The van der Waals surface area contributed by atoms with E-state index in [4.69, 9.17) is 0 Å². The van der Waals surface area contributed by atoms with Crippen LogP contribution in [0, 0.1) is 0 Å². The Morgan fingerprint density at radius 1 is 1.20 bits per heavy atom. The van der Waals surface area contributed by atoms with Gasteiger partial charge >= 0.3 is 6.03 Å². The number of phenolic OH excluding ortho intramolecular Hbond substituents is 1. The van der Waals surface area contributed by atoms with Crippen LogP contribution in [-0.4, -0.2) is 59.4 Å². The zero-order valence-corrected chi connectivity index (χ0v) is 15.3. The number of benzene rings is 1. The van der Waals surface area contributed by atoms with Crippen LogP contribution in [0.5, 0.6) is 5.75 Å². The standard InChI is InChI=1S/C18H14N8O4/c27-11-2-1-10-7-25(15(28)12(10)5-11)9-18(16(29)21-17(30)22-18)13-8-26(24-23-13)14-6-19-3-4-20-14/h1-6,8,27H,7,9H2,(H2,21,22,29,30)/t18-/m0/s1. The normalized spacial score (nSPS) is 20.3. The van der Waals surface area contributed by atoms with Gasteiger partial charge in [0.2, 0.25) is 0 Å². The van der Waals surface area contributed by atoms with Crippen molar-refractivity contribution in [2.45, 2.75) is 12.1 Å². The van der Waals surface area contributed by atoms with Crippen LogP contribution in [0.15, 0.2) is 43.0 Å². The molecular weight excluding hydrogens is 392 g/mol. The number of aromatic hydroxyl groups is 1. The van der Waals surface area contributed by atoms with Gasteiger partial charge in [0.25, 0.3) is 11.8 Å². The molecule has 1 atom stereocenters. The van der Waals surface area contributed by atoms with E-state index in [1.54, 1.807) is 6.07 Å². The number of nitrogens with zero attached hydrogens (tertiary/aromatic N) is 6. The third kappa shape index (κ3) is 2.65. The molecule has 0 saturated carbocycles. The monoisotopic (exact) mass is 406 g/mol. The Labute approximate surface area is 168 Å². The molecule has 0 bridgehead atoms. The summed E-state index contributed by atoms with van der Waals surface area (Å²) >= 11 is 0. The summed E-state index contributed by atoms with van der Waals surface area (Å²) in [5.74, 6) is -0.672. The smallest absolute Gasteiger partial charge is 0.322 e. The highest BCUT2D eigenvalue weighted by atomic mass is 16.3. The van der Waals surface area contributed by atoms with Crippen LogP contribution in [0.25, 0.3) is 5.82 Å². The molecule has 4 amide bonds. The van der Waals surface area contributed by atoms with Crippen molar-refractivity contribution in [3.05, 3.63) is 59.8 Å². The van der Waals surface area contributed by atoms with Gasteiger partial charge in [0.1, 0.15) is 11.4 Å². The molecule has 2 aromatic heterocycles. The molecule has 12 nitrogen and oxygen atoms in total. The van der Waals surface area contributed by atoms with Crippen LogP contribution in [-0.2, 0) is 16.9 Å². The van der Waals surface area contributed by atoms with Crippen LogP contribution in [0.3, 0.4) is 0 Å². The number of aromatic nitrogens is 5. The Bertz CT molecular complexity index is 1190. The fraction of sp³-hybridized carbons (Fsp3) is 0.167. The van der Waals surface area contributed by atoms with Gasteiger partial charge in [-0.1, -0.05) is 11.3 Å². The summed E-state index contributed by atoms with van der Waals surface area (Å²) in [7, 11) is 0. The fourth-order valence-corrected chi connectivity index (χ4v) is 3.61. The Kier molecular flexibility index (Phi) is 3.74. The maximum atomic E-state index is 12.8. The average Bonchev–Trinajstić information content (AvgIpc) is 3.41. The number of phenols is 1. The Balaban J connectivity index is 1.51. The van der Waals surface area contributed by atoms with Crippen LogP contribution in [0.2, 0.25) is 0 Å². The van der Waals surface area contributed by atoms with Gasteiger partial charge in [-0.3, -0.25) is 19.9 Å². The lowest BCUT2D eigenvalue weighted by molar-refractivity contribution is -0.125. The first kappa shape index (κ1) is 17.7. The number of imide groups is 1. The lowest BCUT2D eigenvalue weighted by Crippen LogP contribution is -2.53. The molecule has 30 heavy (non-hydrogen) atoms. The number of amides is 4. The summed E-state index contributed by atoms with van der Waals surface area (Å²) in [5, 5.41) is 22.5. The third-order valence-corrected chi connectivity index (χ3v) is 5.06. The molecule has 5 rings (SSSR count). The number of carbonyl (C=O) groups excluding carboxylic acids is 3. The second-order valence-electron chi connectivity index (χ2n) is 6.93. The van der Waals surface area contributed by atoms with E-state index in [0.29, 0.717) is 16.9 Å². The second-order valence-corrected chi connectivity index (χ2v) is 6.93. The van der Waals surface area contributed by atoms with E-state index in [9.17, 15) is 19.5 Å². The van der Waals surface area contributed by atoms with Gasteiger partial charge < -0.3 is 15.3 Å². The van der Waals surface area contributed by atoms with E-state index < -0.39 is 17.5 Å². The Hall–Kier alpha value is -4.35. The molecule has 150 valence electrons. The molecule has 1 saturated heterocycles. The largest absolute Gasteiger partial charge is 0.508 e. The van der Waals surface area contributed by atoms with Crippen molar-refractivity contribution in [3.63, 3.8) is 0 Å². The average molecular weight is 406 g/mol. The van der Waals surface area contributed by atoms with Crippen LogP contribution >= 0.6 is 0 Å². The highest BCUT2D eigenvalue weighted by molar-refractivity contribution is 6.08. The summed E-state index contributed by atoms with van der Waals surface area (Å²) < 4.78 is 1.32. The van der Waals surface area contributed by atoms with Crippen LogP contribution in [0.1, 0.15) is 21.6 Å². The van der Waals surface area contributed by atoms with Crippen molar-refractivity contribution in [2.24, 2.45) is 0 Å². The van der Waals surface area contributed by atoms with Crippen molar-refractivity contribution >= 4 is 17.8 Å². The van der Waals surface area contributed by atoms with Gasteiger partial charge in [-0.15, -0.1) is 5.10 Å². The molecule has 12 heteroatoms. The maximum absolute atomic E-state index is 12.8. The predicted molar refractivity (Wildman–Crippen MR) is 98.1 cm³/mol. The molecule has 3 aromatic rings. The van der Waals surface area contributed by atoms with Crippen LogP contribution < -0.4 is 10.6 Å². The SMILES string of the molecule is O=C1NC(=O)[C@](CN2Cc3ccc(O)cc3C2=O)(c2cn(-c3cnccn3)nn2)N1. The number of fused-ring (bicyclic) bond motifs is 1. The summed E-state index contributed by atoms with van der Waals surface area (Å²) in [5.41, 5.74) is -0.431. The van der Waals surface area contributed by atoms with Crippen molar-refractivity contribution in [3.8, 4) is 11.6 Å². The number of urea groups is 1. The number of carbonyl (C=O) groups is 3. The minimum absolute atomic E-state index is 0.0301. The van der Waals surface area contributed by atoms with E-state index in [1.807, 2.05) is 0 Å². The Morgan fingerprint density at radius 3 is 2.80 bits per heavy atom. The lowest BCUT2D eigenvalue weighted by Gasteiger charge is -2.28. The molecule has 3 N–H and O–H groups in total. The van der Waals surface area contributed by atoms with Crippen molar-refractivity contribution in [2.75, 3.05) is 6.54 Å². The van der Waals surface area contributed by atoms with Crippen LogP contribution in [0.4, 0.5) is 4.79 Å². The van der Waals surface area contributed by atoms with Crippen molar-refractivity contribution in [1.29, 1.82) is 0 Å². The second kappa shape index (κ2) is 6.34.